The number of morpholine rings is 1. The van der Waals surface area contributed by atoms with E-state index in [2.05, 4.69) is 20.8 Å². The van der Waals surface area contributed by atoms with E-state index in [4.69, 9.17) is 9.47 Å². The fourth-order valence-corrected chi connectivity index (χ4v) is 4.93. The van der Waals surface area contributed by atoms with Crippen LogP contribution in [0.25, 0.3) is 5.76 Å². The Bertz CT molecular complexity index is 1110. The molecule has 0 aromatic heterocycles. The van der Waals surface area contributed by atoms with Crippen molar-refractivity contribution < 1.29 is 24.2 Å². The predicted octanol–water partition coefficient (Wildman–Crippen LogP) is 4.30. The van der Waals surface area contributed by atoms with Gasteiger partial charge in [0.05, 0.1) is 31.4 Å². The number of aliphatic hydroxyl groups excluding tert-OH is 1. The smallest absolute Gasteiger partial charge is 0.295 e. The molecule has 0 radical (unpaired) electrons. The number of benzene rings is 2. The van der Waals surface area contributed by atoms with Gasteiger partial charge in [0.25, 0.3) is 11.7 Å². The van der Waals surface area contributed by atoms with Gasteiger partial charge >= 0.3 is 0 Å². The summed E-state index contributed by atoms with van der Waals surface area (Å²) in [5, 5.41) is 11.3. The van der Waals surface area contributed by atoms with E-state index in [0.29, 0.717) is 31.9 Å². The maximum Gasteiger partial charge on any atom is 0.295 e. The summed E-state index contributed by atoms with van der Waals surface area (Å²) in [5.41, 5.74) is 2.23. The van der Waals surface area contributed by atoms with Gasteiger partial charge in [0.1, 0.15) is 11.5 Å². The van der Waals surface area contributed by atoms with E-state index in [1.165, 1.54) is 0 Å². The number of ether oxygens (including phenoxy) is 2. The number of nitrogens with zero attached hydrogens (tertiary/aromatic N) is 2. The molecule has 2 heterocycles. The lowest BCUT2D eigenvalue weighted by Crippen LogP contribution is -2.38. The van der Waals surface area contributed by atoms with Crippen LogP contribution in [0.15, 0.2) is 52.5 Å². The maximum absolute atomic E-state index is 13.2. The molecule has 1 atom stereocenters. The first-order valence-electron chi connectivity index (χ1n) is 12.0. The Hall–Kier alpha value is -2.68. The third kappa shape index (κ3) is 5.60. The largest absolute Gasteiger partial charge is 0.507 e. The summed E-state index contributed by atoms with van der Waals surface area (Å²) in [7, 11) is 0. The number of aliphatic hydroxyl groups is 1. The number of carbonyl (C=O) groups is 2. The van der Waals surface area contributed by atoms with E-state index >= 15 is 0 Å². The Morgan fingerprint density at radius 3 is 2.49 bits per heavy atom. The molecule has 2 aromatic rings. The minimum atomic E-state index is -0.659. The molecule has 2 saturated heterocycles. The molecule has 186 valence electrons. The standard InChI is InChI=1S/C27H31BrN2O5/c1-3-35-22-10-7-20(17-18(22)2)25(31)23-24(19-5-8-21(28)9-6-19)30(27(33)26(23)32)12-4-11-29-13-15-34-16-14-29/h5-10,17,24,31H,3-4,11-16H2,1-2H3/b25-23-. The first kappa shape index (κ1) is 25.4. The van der Waals surface area contributed by atoms with E-state index in [1.54, 1.807) is 23.1 Å². The molecule has 0 saturated carbocycles. The molecule has 4 rings (SSSR count). The van der Waals surface area contributed by atoms with Gasteiger partial charge in [0.2, 0.25) is 0 Å². The Morgan fingerprint density at radius 2 is 1.83 bits per heavy atom. The SMILES string of the molecule is CCOc1ccc(/C(O)=C2/C(=O)C(=O)N(CCCN3CCOCC3)C2c2ccc(Br)cc2)cc1C. The van der Waals surface area contributed by atoms with Crippen LogP contribution in [0.1, 0.15) is 36.1 Å². The van der Waals surface area contributed by atoms with Gasteiger partial charge in [0.15, 0.2) is 0 Å². The van der Waals surface area contributed by atoms with Gasteiger partial charge in [-0.1, -0.05) is 28.1 Å². The lowest BCUT2D eigenvalue weighted by Gasteiger charge is -2.29. The van der Waals surface area contributed by atoms with Crippen molar-refractivity contribution in [3.8, 4) is 5.75 Å². The van der Waals surface area contributed by atoms with Crippen LogP contribution in [0.5, 0.6) is 5.75 Å². The van der Waals surface area contributed by atoms with Crippen molar-refractivity contribution >= 4 is 33.4 Å². The van der Waals surface area contributed by atoms with E-state index in [1.807, 2.05) is 38.1 Å². The monoisotopic (exact) mass is 542 g/mol. The molecule has 2 aromatic carbocycles. The number of amides is 1. The second kappa shape index (κ2) is 11.4. The highest BCUT2D eigenvalue weighted by Crippen LogP contribution is 2.40. The van der Waals surface area contributed by atoms with Gasteiger partial charge in [-0.3, -0.25) is 14.5 Å². The van der Waals surface area contributed by atoms with E-state index in [0.717, 1.165) is 47.4 Å². The Morgan fingerprint density at radius 1 is 1.11 bits per heavy atom. The zero-order valence-corrected chi connectivity index (χ0v) is 21.7. The van der Waals surface area contributed by atoms with Crippen LogP contribution in [0.4, 0.5) is 0 Å². The molecule has 1 unspecified atom stereocenters. The highest BCUT2D eigenvalue weighted by atomic mass is 79.9. The highest BCUT2D eigenvalue weighted by Gasteiger charge is 2.45. The second-order valence-electron chi connectivity index (χ2n) is 8.76. The lowest BCUT2D eigenvalue weighted by molar-refractivity contribution is -0.140. The molecule has 8 heteroatoms. The molecule has 0 aliphatic carbocycles. The fourth-order valence-electron chi connectivity index (χ4n) is 4.66. The highest BCUT2D eigenvalue weighted by molar-refractivity contribution is 9.10. The molecular formula is C27H31BrN2O5. The molecule has 0 spiro atoms. The minimum Gasteiger partial charge on any atom is -0.507 e. The van der Waals surface area contributed by atoms with Gasteiger partial charge in [-0.15, -0.1) is 0 Å². The zero-order chi connectivity index (χ0) is 24.9. The average molecular weight is 543 g/mol. The zero-order valence-electron chi connectivity index (χ0n) is 20.1. The van der Waals surface area contributed by atoms with Crippen molar-refractivity contribution in [2.24, 2.45) is 0 Å². The van der Waals surface area contributed by atoms with E-state index in [9.17, 15) is 14.7 Å². The molecule has 0 bridgehead atoms. The molecule has 35 heavy (non-hydrogen) atoms. The van der Waals surface area contributed by atoms with Crippen LogP contribution in [0, 0.1) is 6.92 Å². The lowest BCUT2D eigenvalue weighted by atomic mass is 9.94. The minimum absolute atomic E-state index is 0.118. The summed E-state index contributed by atoms with van der Waals surface area (Å²) < 4.78 is 11.9. The van der Waals surface area contributed by atoms with Crippen molar-refractivity contribution in [2.75, 3.05) is 46.0 Å². The second-order valence-corrected chi connectivity index (χ2v) is 9.68. The Kier molecular flexibility index (Phi) is 8.26. The summed E-state index contributed by atoms with van der Waals surface area (Å²) >= 11 is 3.45. The van der Waals surface area contributed by atoms with Crippen LogP contribution in [-0.2, 0) is 14.3 Å². The molecule has 2 fully saturated rings. The molecule has 1 amide bonds. The average Bonchev–Trinajstić information content (AvgIpc) is 3.11. The third-order valence-electron chi connectivity index (χ3n) is 6.45. The van der Waals surface area contributed by atoms with Crippen LogP contribution in [0.2, 0.25) is 0 Å². The maximum atomic E-state index is 13.2. The number of halogens is 1. The number of rotatable bonds is 8. The van der Waals surface area contributed by atoms with Crippen molar-refractivity contribution in [1.82, 2.24) is 9.80 Å². The number of carbonyl (C=O) groups excluding carboxylic acids is 2. The topological polar surface area (TPSA) is 79.3 Å². The summed E-state index contributed by atoms with van der Waals surface area (Å²) in [6.45, 7) is 8.72. The quantitative estimate of drug-likeness (QED) is 0.304. The number of likely N-dealkylation sites (tertiary alicyclic amines) is 1. The van der Waals surface area contributed by atoms with Crippen LogP contribution in [-0.4, -0.2) is 72.6 Å². The summed E-state index contributed by atoms with van der Waals surface area (Å²) in [4.78, 5) is 30.3. The molecule has 7 nitrogen and oxygen atoms in total. The van der Waals surface area contributed by atoms with Crippen molar-refractivity contribution in [3.05, 3.63) is 69.2 Å². The van der Waals surface area contributed by atoms with Gasteiger partial charge in [-0.25, -0.2) is 0 Å². The number of hydrogen-bond acceptors (Lipinski definition) is 6. The van der Waals surface area contributed by atoms with Gasteiger partial charge in [-0.05, 0) is 61.7 Å². The summed E-state index contributed by atoms with van der Waals surface area (Å²) in [6, 6.07) is 12.1. The van der Waals surface area contributed by atoms with Crippen LogP contribution in [0.3, 0.4) is 0 Å². The van der Waals surface area contributed by atoms with Crippen molar-refractivity contribution in [1.29, 1.82) is 0 Å². The number of Topliss-reactive ketones (excluding diaryl/α,β-unsaturated/α-hetero) is 1. The van der Waals surface area contributed by atoms with Crippen molar-refractivity contribution in [2.45, 2.75) is 26.3 Å². The normalized spacial score (nSPS) is 20.4. The number of aryl methyl sites for hydroxylation is 1. The first-order chi connectivity index (χ1) is 16.9. The number of ketones is 1. The Balaban J connectivity index is 1.67. The Labute approximate surface area is 214 Å². The molecule has 2 aliphatic heterocycles. The van der Waals surface area contributed by atoms with Gasteiger partial charge in [0, 0.05) is 36.2 Å². The first-order valence-corrected chi connectivity index (χ1v) is 12.8. The van der Waals surface area contributed by atoms with Crippen LogP contribution >= 0.6 is 15.9 Å². The predicted molar refractivity (Wildman–Crippen MR) is 137 cm³/mol. The summed E-state index contributed by atoms with van der Waals surface area (Å²) in [6.07, 6.45) is 0.724. The van der Waals surface area contributed by atoms with Crippen molar-refractivity contribution in [3.63, 3.8) is 0 Å². The number of hydrogen-bond donors (Lipinski definition) is 1. The van der Waals surface area contributed by atoms with E-state index in [-0.39, 0.29) is 11.3 Å². The van der Waals surface area contributed by atoms with Gasteiger partial charge in [-0.2, -0.15) is 0 Å². The third-order valence-corrected chi connectivity index (χ3v) is 6.98. The summed E-state index contributed by atoms with van der Waals surface area (Å²) in [5.74, 6) is -0.687. The fraction of sp³-hybridized carbons (Fsp3) is 0.407. The van der Waals surface area contributed by atoms with Gasteiger partial charge < -0.3 is 19.5 Å². The molecular weight excluding hydrogens is 512 g/mol. The molecule has 1 N–H and O–H groups in total. The van der Waals surface area contributed by atoms with E-state index < -0.39 is 17.7 Å². The molecule has 2 aliphatic rings. The van der Waals surface area contributed by atoms with Crippen LogP contribution < -0.4 is 4.74 Å².